The molecule has 8 aromatic rings. The zero-order valence-corrected chi connectivity index (χ0v) is 49.5. The van der Waals surface area contributed by atoms with Gasteiger partial charge in [-0.25, -0.2) is 0 Å². The molecule has 1 atom stereocenters. The molecule has 0 aliphatic carbocycles. The van der Waals surface area contributed by atoms with Crippen LogP contribution < -0.4 is 0 Å². The van der Waals surface area contributed by atoms with Gasteiger partial charge in [0.1, 0.15) is 6.10 Å². The monoisotopic (exact) mass is 1560 g/mol. The minimum absolute atomic E-state index is 0.194. The average molecular weight is 1570 g/mol. The second-order valence-electron chi connectivity index (χ2n) is 14.4. The molecule has 0 fully saturated rings. The Balaban J connectivity index is 0.000000257. The number of carbonyl (C=O) groups excluding carboxylic acids is 3. The van der Waals surface area contributed by atoms with Gasteiger partial charge in [0.05, 0.1) is 0 Å². The molecule has 2 radical (unpaired) electrons. The third-order valence-corrected chi connectivity index (χ3v) is 12.0. The summed E-state index contributed by atoms with van der Waals surface area (Å²) in [5, 5.41) is 18.0. The van der Waals surface area contributed by atoms with Crippen LogP contribution >= 0.6 is 63.7 Å². The van der Waals surface area contributed by atoms with Gasteiger partial charge < -0.3 is 10.2 Å². The second-order valence-corrected chi connectivity index (χ2v) is 18.6. The zero-order chi connectivity index (χ0) is 50.5. The van der Waals surface area contributed by atoms with Gasteiger partial charge in [0.25, 0.3) is 5.97 Å². The fourth-order valence-corrected chi connectivity index (χ4v) is 7.51. The molecule has 0 aliphatic rings. The van der Waals surface area contributed by atoms with Crippen LogP contribution in [-0.4, -0.2) is 81.5 Å². The predicted octanol–water partition coefficient (Wildman–Crippen LogP) is 14.0. The number of hydrogen-bond acceptors (Lipinski definition) is 8. The van der Waals surface area contributed by atoms with Crippen molar-refractivity contribution in [2.75, 3.05) is 0 Å². The van der Waals surface area contributed by atoms with E-state index in [-0.39, 0.29) is 30.5 Å². The van der Waals surface area contributed by atoms with Crippen molar-refractivity contribution in [2.45, 2.75) is 13.0 Å². The molecule has 9 nitrogen and oxygen atoms in total. The van der Waals surface area contributed by atoms with Gasteiger partial charge in [-0.3, -0.25) is 19.2 Å². The van der Waals surface area contributed by atoms with Crippen LogP contribution in [0.1, 0.15) is 49.7 Å². The summed E-state index contributed by atoms with van der Waals surface area (Å²) >= 11 is 11.6. The van der Waals surface area contributed by atoms with E-state index in [0.29, 0.717) is 22.3 Å². The number of benzene rings is 8. The standard InChI is InChI=1S/C26H18Br2O2.C26H16Br2O2.C2H4O2.2Bi.3O/c2*27-23-13-9-19(10-14-23)17-1-5-21(6-2-17)25(29)26(30)22-7-3-18(4-8-22)20-11-15-24(28)16-12-20;1-2(3)4;;;;;/h1-16,25,29H;1-16H;1H3,(H,3,4);;;;;. The van der Waals surface area contributed by atoms with Crippen molar-refractivity contribution >= 4 is 135 Å². The third kappa shape index (κ3) is 17.9. The number of carboxylic acids is 1. The Hall–Kier alpha value is -4.71. The molecule has 0 amide bonds. The number of carbonyl (C=O) groups is 4. The Bertz CT molecular complexity index is 2880. The maximum absolute atomic E-state index is 12.8. The summed E-state index contributed by atoms with van der Waals surface area (Å²) in [7, 11) is 0. The molecule has 69 heavy (non-hydrogen) atoms. The summed E-state index contributed by atoms with van der Waals surface area (Å²) in [4.78, 5) is 47.1. The molecular weight excluding hydrogens is 1530 g/mol. The molecule has 0 aromatic heterocycles. The summed E-state index contributed by atoms with van der Waals surface area (Å²) in [6.07, 6.45) is -1.19. The van der Waals surface area contributed by atoms with E-state index in [1.165, 1.54) is 0 Å². The van der Waals surface area contributed by atoms with Gasteiger partial charge in [-0.2, -0.15) is 0 Å². The van der Waals surface area contributed by atoms with E-state index in [0.717, 1.165) is 69.3 Å². The molecule has 0 bridgehead atoms. The molecule has 15 heteroatoms. The molecule has 0 saturated heterocycles. The predicted molar refractivity (Wildman–Crippen MR) is 283 cm³/mol. The molecule has 0 saturated carbocycles. The molecule has 0 spiro atoms. The number of carboxylic acid groups (broad SMARTS) is 1. The first-order chi connectivity index (χ1) is 33.2. The Labute approximate surface area is 459 Å². The van der Waals surface area contributed by atoms with Crippen LogP contribution in [0.25, 0.3) is 44.5 Å². The van der Waals surface area contributed by atoms with E-state index in [1.807, 2.05) is 146 Å². The van der Waals surface area contributed by atoms with E-state index in [9.17, 15) is 19.5 Å². The van der Waals surface area contributed by atoms with E-state index in [1.54, 1.807) is 48.5 Å². The van der Waals surface area contributed by atoms with Crippen LogP contribution in [0.5, 0.6) is 0 Å². The van der Waals surface area contributed by atoms with Crippen molar-refractivity contribution in [1.82, 2.24) is 0 Å². The molecule has 1 unspecified atom stereocenters. The van der Waals surface area contributed by atoms with Crippen LogP contribution in [0.15, 0.2) is 212 Å². The maximum atomic E-state index is 12.8. The summed E-state index contributed by atoms with van der Waals surface area (Å²) in [6.45, 7) is 1.08. The molecule has 8 rings (SSSR count). The topological polar surface area (TPSA) is 160 Å². The summed E-state index contributed by atoms with van der Waals surface area (Å²) in [5.41, 5.74) is 10.1. The Morgan fingerprint density at radius 2 is 0.565 bits per heavy atom. The number of rotatable bonds is 10. The van der Waals surface area contributed by atoms with E-state index < -0.39 is 46.9 Å². The van der Waals surface area contributed by atoms with Crippen LogP contribution in [0.3, 0.4) is 0 Å². The van der Waals surface area contributed by atoms with Crippen molar-refractivity contribution < 1.29 is 37.8 Å². The Morgan fingerprint density at radius 1 is 0.391 bits per heavy atom. The van der Waals surface area contributed by atoms with Gasteiger partial charge in [0.15, 0.2) is 5.78 Å². The first-order valence-corrected chi connectivity index (χ1v) is 27.7. The van der Waals surface area contributed by atoms with Crippen molar-refractivity contribution in [3.8, 4) is 44.5 Å². The van der Waals surface area contributed by atoms with Crippen molar-refractivity contribution in [1.29, 1.82) is 0 Å². The van der Waals surface area contributed by atoms with Gasteiger partial charge in [-0.1, -0.05) is 209 Å². The number of ketones is 3. The first-order valence-electron chi connectivity index (χ1n) is 20.3. The van der Waals surface area contributed by atoms with Crippen LogP contribution in [-0.2, 0) is 13.2 Å². The van der Waals surface area contributed by atoms with Crippen LogP contribution in [0, 0.1) is 0 Å². The molecule has 2 N–H and O–H groups in total. The van der Waals surface area contributed by atoms with Gasteiger partial charge in [-0.15, -0.1) is 0 Å². The van der Waals surface area contributed by atoms with Crippen LogP contribution in [0.2, 0.25) is 0 Å². The molecule has 0 aliphatic heterocycles. The van der Waals surface area contributed by atoms with Crippen LogP contribution in [0.4, 0.5) is 0 Å². The Morgan fingerprint density at radius 3 is 0.783 bits per heavy atom. The SMILES string of the molecule is CC(=O)O.O=C(C(=O)c1ccc(-c2ccc(Br)cc2)cc1)c1ccc(-c2ccc(Br)cc2)cc1.O=C(c1ccc(-c2ccc(Br)cc2)cc1)C(O)c1ccc(-c2ccc(Br)cc2)cc1.[O]=[Bi].[O]=[Bi]=[O]. The summed E-state index contributed by atoms with van der Waals surface area (Å²) < 4.78 is 29.5. The molecule has 8 aromatic carbocycles. The molecular formula is C54H38Bi2Br4O9. The zero-order valence-electron chi connectivity index (χ0n) is 36.2. The number of aliphatic hydroxyl groups is 1. The van der Waals surface area contributed by atoms with Gasteiger partial charge in [0.2, 0.25) is 11.6 Å². The van der Waals surface area contributed by atoms with Crippen molar-refractivity contribution in [2.24, 2.45) is 0 Å². The minimum atomic E-state index is -2.33. The second kappa shape index (κ2) is 29.5. The van der Waals surface area contributed by atoms with Gasteiger partial charge in [0, 0.05) is 41.5 Å². The normalized spacial score (nSPS) is 10.3. The van der Waals surface area contributed by atoms with E-state index in [4.69, 9.17) is 18.3 Å². The number of aliphatic hydroxyl groups excluding tert-OH is 1. The van der Waals surface area contributed by atoms with E-state index in [2.05, 4.69) is 63.7 Å². The number of halogens is 4. The first kappa shape index (κ1) is 56.9. The third-order valence-electron chi connectivity index (χ3n) is 9.85. The van der Waals surface area contributed by atoms with Gasteiger partial charge in [-0.05, 0) is 98.6 Å². The number of aliphatic carboxylic acids is 1. The average Bonchev–Trinajstić information content (AvgIpc) is 3.37. The number of Topliss-reactive ketones (excluding diaryl/α,β-unsaturated/α-hetero) is 3. The summed E-state index contributed by atoms with van der Waals surface area (Å²) in [5.74, 6) is -2.16. The fraction of sp³-hybridized carbons (Fsp3) is 0.0370. The van der Waals surface area contributed by atoms with E-state index >= 15 is 0 Å². The van der Waals surface area contributed by atoms with Gasteiger partial charge >= 0.3 is 56.4 Å². The summed E-state index contributed by atoms with van der Waals surface area (Å²) in [6, 6.07) is 60.9. The fourth-order valence-electron chi connectivity index (χ4n) is 6.45. The quantitative estimate of drug-likeness (QED) is 0.0772. The van der Waals surface area contributed by atoms with Crippen molar-refractivity contribution in [3.63, 3.8) is 0 Å². The Kier molecular flexibility index (Phi) is 24.3. The molecule has 0 heterocycles. The van der Waals surface area contributed by atoms with Crippen molar-refractivity contribution in [3.05, 3.63) is 234 Å². The number of hydrogen-bond donors (Lipinski definition) is 2. The molecule has 346 valence electrons.